The first-order valence-corrected chi connectivity index (χ1v) is 5.66. The van der Waals surface area contributed by atoms with Gasteiger partial charge in [-0.25, -0.2) is 0 Å². The van der Waals surface area contributed by atoms with Crippen molar-refractivity contribution in [3.8, 4) is 0 Å². The Morgan fingerprint density at radius 2 is 1.94 bits per heavy atom. The minimum Gasteiger partial charge on any atom is -0.469 e. The molecular weight excluding hydrogens is 200 g/mol. The lowest BCUT2D eigenvalue weighted by molar-refractivity contribution is -0.141. The Morgan fingerprint density at radius 3 is 2.50 bits per heavy atom. The number of rotatable bonds is 4. The zero-order valence-electron chi connectivity index (χ0n) is 10.5. The highest BCUT2D eigenvalue weighted by molar-refractivity contribution is 5.71. The number of benzene rings is 1. The Morgan fingerprint density at radius 1 is 1.31 bits per heavy atom. The van der Waals surface area contributed by atoms with Crippen LogP contribution in [-0.4, -0.2) is 13.1 Å². The second kappa shape index (κ2) is 5.15. The highest BCUT2D eigenvalue weighted by atomic mass is 16.5. The van der Waals surface area contributed by atoms with Crippen LogP contribution in [0.2, 0.25) is 0 Å². The molecule has 0 N–H and O–H groups in total. The number of aryl methyl sites for hydroxylation is 1. The molecule has 0 radical (unpaired) electrons. The van der Waals surface area contributed by atoms with Crippen LogP contribution in [0.15, 0.2) is 24.3 Å². The van der Waals surface area contributed by atoms with Crippen LogP contribution in [0.1, 0.15) is 38.3 Å². The summed E-state index contributed by atoms with van der Waals surface area (Å²) in [7, 11) is 1.43. The molecule has 0 spiro atoms. The van der Waals surface area contributed by atoms with E-state index in [4.69, 9.17) is 4.74 Å². The largest absolute Gasteiger partial charge is 0.469 e. The number of ether oxygens (including phenoxy) is 1. The maximum absolute atomic E-state index is 11.4. The number of carbonyl (C=O) groups is 1. The first-order chi connectivity index (χ1) is 7.51. The minimum absolute atomic E-state index is 0.157. The van der Waals surface area contributed by atoms with Crippen LogP contribution in [0, 0.1) is 0 Å². The lowest BCUT2D eigenvalue weighted by atomic mass is 9.78. The van der Waals surface area contributed by atoms with Crippen LogP contribution in [0.25, 0.3) is 0 Å². The minimum atomic E-state index is -0.167. The number of carbonyl (C=O) groups excluding carboxylic acids is 1. The Balaban J connectivity index is 3.01. The normalized spacial score (nSPS) is 11.2. The van der Waals surface area contributed by atoms with E-state index in [-0.39, 0.29) is 11.4 Å². The van der Waals surface area contributed by atoms with Crippen molar-refractivity contribution in [3.63, 3.8) is 0 Å². The van der Waals surface area contributed by atoms with Gasteiger partial charge in [-0.1, -0.05) is 45.0 Å². The topological polar surface area (TPSA) is 26.3 Å². The van der Waals surface area contributed by atoms with E-state index in [1.54, 1.807) is 0 Å². The third-order valence-corrected chi connectivity index (χ3v) is 2.94. The van der Waals surface area contributed by atoms with E-state index < -0.39 is 0 Å². The van der Waals surface area contributed by atoms with Crippen LogP contribution in [-0.2, 0) is 21.4 Å². The van der Waals surface area contributed by atoms with Crippen molar-refractivity contribution in [2.24, 2.45) is 0 Å². The summed E-state index contributed by atoms with van der Waals surface area (Å²) in [6.45, 7) is 6.30. The molecule has 0 aliphatic carbocycles. The van der Waals surface area contributed by atoms with Gasteiger partial charge in [0.25, 0.3) is 0 Å². The molecule has 16 heavy (non-hydrogen) atoms. The molecule has 88 valence electrons. The van der Waals surface area contributed by atoms with E-state index >= 15 is 0 Å². The third kappa shape index (κ3) is 2.84. The van der Waals surface area contributed by atoms with E-state index in [2.05, 4.69) is 32.9 Å². The van der Waals surface area contributed by atoms with Gasteiger partial charge in [0.15, 0.2) is 0 Å². The molecule has 0 fully saturated rings. The van der Waals surface area contributed by atoms with Crippen molar-refractivity contribution in [2.45, 2.75) is 39.0 Å². The monoisotopic (exact) mass is 220 g/mol. The predicted molar refractivity (Wildman–Crippen MR) is 65.5 cm³/mol. The predicted octanol–water partition coefficient (Wildman–Crippen LogP) is 3.09. The lowest BCUT2D eigenvalue weighted by Gasteiger charge is -2.26. The van der Waals surface area contributed by atoms with Gasteiger partial charge in [0.2, 0.25) is 0 Å². The molecule has 0 saturated carbocycles. The van der Waals surface area contributed by atoms with Gasteiger partial charge in [0.1, 0.15) is 0 Å². The molecule has 0 heterocycles. The zero-order valence-corrected chi connectivity index (χ0v) is 10.5. The van der Waals surface area contributed by atoms with Crippen molar-refractivity contribution in [2.75, 3.05) is 7.11 Å². The zero-order chi connectivity index (χ0) is 12.2. The molecule has 0 aliphatic heterocycles. The smallest absolute Gasteiger partial charge is 0.306 e. The van der Waals surface area contributed by atoms with E-state index in [1.807, 2.05) is 12.1 Å². The molecule has 0 bridgehead atoms. The molecule has 0 aromatic heterocycles. The molecule has 0 atom stereocenters. The van der Waals surface area contributed by atoms with Gasteiger partial charge in [-0.15, -0.1) is 0 Å². The average molecular weight is 220 g/mol. The van der Waals surface area contributed by atoms with Gasteiger partial charge in [0.05, 0.1) is 13.5 Å². The first kappa shape index (κ1) is 12.8. The first-order valence-electron chi connectivity index (χ1n) is 5.66. The van der Waals surface area contributed by atoms with Crippen molar-refractivity contribution in [3.05, 3.63) is 35.4 Å². The fourth-order valence-corrected chi connectivity index (χ4v) is 2.02. The van der Waals surface area contributed by atoms with Crippen LogP contribution in [0.3, 0.4) is 0 Å². The molecule has 2 heteroatoms. The van der Waals surface area contributed by atoms with E-state index in [1.165, 1.54) is 18.2 Å². The Labute approximate surface area is 97.6 Å². The number of methoxy groups -OCH3 is 1. The van der Waals surface area contributed by atoms with Gasteiger partial charge in [-0.05, 0) is 17.5 Å². The van der Waals surface area contributed by atoms with Crippen LogP contribution in [0.4, 0.5) is 0 Å². The van der Waals surface area contributed by atoms with Gasteiger partial charge >= 0.3 is 5.97 Å². The maximum atomic E-state index is 11.4. The highest BCUT2D eigenvalue weighted by Gasteiger charge is 2.26. The molecule has 0 amide bonds. The maximum Gasteiger partial charge on any atom is 0.306 e. The lowest BCUT2D eigenvalue weighted by Crippen LogP contribution is -2.24. The molecule has 1 aromatic rings. The van der Waals surface area contributed by atoms with E-state index in [9.17, 15) is 4.79 Å². The van der Waals surface area contributed by atoms with E-state index in [0.29, 0.717) is 6.42 Å². The third-order valence-electron chi connectivity index (χ3n) is 2.94. The van der Waals surface area contributed by atoms with Crippen LogP contribution < -0.4 is 0 Å². The highest BCUT2D eigenvalue weighted by Crippen LogP contribution is 2.30. The van der Waals surface area contributed by atoms with Gasteiger partial charge < -0.3 is 4.74 Å². The summed E-state index contributed by atoms with van der Waals surface area (Å²) in [5.41, 5.74) is 2.37. The number of esters is 1. The van der Waals surface area contributed by atoms with Gasteiger partial charge in [-0.3, -0.25) is 4.79 Å². The molecule has 1 aromatic carbocycles. The van der Waals surface area contributed by atoms with Crippen molar-refractivity contribution in [1.82, 2.24) is 0 Å². The van der Waals surface area contributed by atoms with Crippen LogP contribution >= 0.6 is 0 Å². The molecule has 0 saturated heterocycles. The molecule has 0 aliphatic rings. The van der Waals surface area contributed by atoms with Gasteiger partial charge in [-0.2, -0.15) is 0 Å². The van der Waals surface area contributed by atoms with Crippen molar-refractivity contribution in [1.29, 1.82) is 0 Å². The Bertz CT molecular complexity index is 367. The second-order valence-corrected chi connectivity index (χ2v) is 4.65. The number of hydrogen-bond acceptors (Lipinski definition) is 2. The summed E-state index contributed by atoms with van der Waals surface area (Å²) < 4.78 is 4.74. The SMILES string of the molecule is CCc1ccccc1C(C)(C)CC(=O)OC. The fraction of sp³-hybridized carbons (Fsp3) is 0.500. The summed E-state index contributed by atoms with van der Waals surface area (Å²) in [5.74, 6) is -0.157. The summed E-state index contributed by atoms with van der Waals surface area (Å²) >= 11 is 0. The van der Waals surface area contributed by atoms with Crippen molar-refractivity contribution < 1.29 is 9.53 Å². The molecule has 2 nitrogen and oxygen atoms in total. The van der Waals surface area contributed by atoms with Crippen molar-refractivity contribution >= 4 is 5.97 Å². The summed E-state index contributed by atoms with van der Waals surface area (Å²) in [4.78, 5) is 11.4. The summed E-state index contributed by atoms with van der Waals surface area (Å²) in [5, 5.41) is 0. The summed E-state index contributed by atoms with van der Waals surface area (Å²) in [6, 6.07) is 8.28. The van der Waals surface area contributed by atoms with E-state index in [0.717, 1.165) is 6.42 Å². The standard InChI is InChI=1S/C14H20O2/c1-5-11-8-6-7-9-12(11)14(2,3)10-13(15)16-4/h6-9H,5,10H2,1-4H3. The fourth-order valence-electron chi connectivity index (χ4n) is 2.02. The average Bonchev–Trinajstić information content (AvgIpc) is 2.28. The Kier molecular flexibility index (Phi) is 4.11. The second-order valence-electron chi connectivity index (χ2n) is 4.65. The number of hydrogen-bond donors (Lipinski definition) is 0. The summed E-state index contributed by atoms with van der Waals surface area (Å²) in [6.07, 6.45) is 1.40. The molecule has 1 rings (SSSR count). The van der Waals surface area contributed by atoms with Gasteiger partial charge in [0, 0.05) is 5.41 Å². The molecule has 0 unspecified atom stereocenters. The Hall–Kier alpha value is -1.31. The quantitative estimate of drug-likeness (QED) is 0.729. The van der Waals surface area contributed by atoms with Crippen LogP contribution in [0.5, 0.6) is 0 Å². The molecular formula is C14H20O2.